The second-order valence-corrected chi connectivity index (χ2v) is 5.92. The van der Waals surface area contributed by atoms with E-state index in [-0.39, 0.29) is 5.91 Å². The minimum Gasteiger partial charge on any atom is -0.358 e. The first-order valence-corrected chi connectivity index (χ1v) is 7.78. The van der Waals surface area contributed by atoms with Crippen LogP contribution >= 0.6 is 0 Å². The molecule has 0 atom stereocenters. The zero-order valence-electron chi connectivity index (χ0n) is 12.6. The molecular formula is C17H23N3O. The molecule has 112 valence electrons. The van der Waals surface area contributed by atoms with Crippen molar-refractivity contribution in [3.05, 3.63) is 34.5 Å². The number of carbonyl (C=O) groups excluding carboxylic acids is 1. The number of amides is 1. The number of aromatic nitrogens is 1. The van der Waals surface area contributed by atoms with Crippen LogP contribution in [0.15, 0.2) is 12.1 Å². The highest BCUT2D eigenvalue weighted by atomic mass is 16.1. The van der Waals surface area contributed by atoms with Crippen LogP contribution in [0.1, 0.15) is 35.2 Å². The molecule has 0 bridgehead atoms. The van der Waals surface area contributed by atoms with Crippen molar-refractivity contribution in [2.75, 3.05) is 13.1 Å². The van der Waals surface area contributed by atoms with E-state index in [9.17, 15) is 4.79 Å². The lowest BCUT2D eigenvalue weighted by atomic mass is 10.0. The zero-order chi connectivity index (χ0) is 14.8. The van der Waals surface area contributed by atoms with E-state index in [4.69, 9.17) is 5.73 Å². The summed E-state index contributed by atoms with van der Waals surface area (Å²) in [6.07, 6.45) is 4.85. The molecule has 4 heteroatoms. The van der Waals surface area contributed by atoms with E-state index < -0.39 is 0 Å². The van der Waals surface area contributed by atoms with Crippen molar-refractivity contribution in [3.63, 3.8) is 0 Å². The van der Waals surface area contributed by atoms with Crippen LogP contribution in [-0.2, 0) is 24.1 Å². The van der Waals surface area contributed by atoms with Gasteiger partial charge in [-0.2, -0.15) is 0 Å². The number of aryl methyl sites for hydroxylation is 3. The van der Waals surface area contributed by atoms with Gasteiger partial charge >= 0.3 is 0 Å². The molecule has 4 N–H and O–H groups in total. The molecule has 21 heavy (non-hydrogen) atoms. The Hall–Kier alpha value is -1.81. The lowest BCUT2D eigenvalue weighted by Crippen LogP contribution is -2.27. The molecule has 0 saturated heterocycles. The Morgan fingerprint density at radius 2 is 2.10 bits per heavy atom. The molecule has 3 rings (SSSR count). The van der Waals surface area contributed by atoms with E-state index in [2.05, 4.69) is 22.4 Å². The lowest BCUT2D eigenvalue weighted by molar-refractivity contribution is -0.120. The van der Waals surface area contributed by atoms with Gasteiger partial charge in [-0.15, -0.1) is 0 Å². The maximum absolute atomic E-state index is 12.0. The van der Waals surface area contributed by atoms with Crippen LogP contribution in [0.3, 0.4) is 0 Å². The van der Waals surface area contributed by atoms with Gasteiger partial charge in [0.1, 0.15) is 0 Å². The topological polar surface area (TPSA) is 70.9 Å². The van der Waals surface area contributed by atoms with Crippen LogP contribution in [0.4, 0.5) is 0 Å². The second kappa shape index (κ2) is 5.90. The molecule has 0 radical (unpaired) electrons. The number of hydrogen-bond acceptors (Lipinski definition) is 2. The van der Waals surface area contributed by atoms with Gasteiger partial charge < -0.3 is 16.0 Å². The summed E-state index contributed by atoms with van der Waals surface area (Å²) in [5, 5.41) is 4.14. The minimum absolute atomic E-state index is 0.0768. The van der Waals surface area contributed by atoms with E-state index in [0.717, 1.165) is 29.6 Å². The Kier molecular flexibility index (Phi) is 3.97. The predicted molar refractivity (Wildman–Crippen MR) is 85.4 cm³/mol. The summed E-state index contributed by atoms with van der Waals surface area (Å²) in [4.78, 5) is 15.5. The first-order chi connectivity index (χ1) is 10.2. The quantitative estimate of drug-likeness (QED) is 0.735. The Bertz CT molecular complexity index is 672. The SMILES string of the molecule is Cc1[nH]c2cc3c(cc2c1CC(=O)NCCCN)CCC3. The van der Waals surface area contributed by atoms with Crippen molar-refractivity contribution in [2.24, 2.45) is 5.73 Å². The highest BCUT2D eigenvalue weighted by Crippen LogP contribution is 2.30. The van der Waals surface area contributed by atoms with Crippen molar-refractivity contribution >= 4 is 16.8 Å². The molecule has 0 spiro atoms. The van der Waals surface area contributed by atoms with E-state index in [1.54, 1.807) is 0 Å². The van der Waals surface area contributed by atoms with Crippen LogP contribution < -0.4 is 11.1 Å². The summed E-state index contributed by atoms with van der Waals surface area (Å²) < 4.78 is 0. The number of benzene rings is 1. The van der Waals surface area contributed by atoms with Gasteiger partial charge in [0.25, 0.3) is 0 Å². The van der Waals surface area contributed by atoms with Crippen molar-refractivity contribution in [3.8, 4) is 0 Å². The fourth-order valence-electron chi connectivity index (χ4n) is 3.24. The van der Waals surface area contributed by atoms with Gasteiger partial charge in [-0.25, -0.2) is 0 Å². The molecule has 0 unspecified atom stereocenters. The molecule has 1 heterocycles. The van der Waals surface area contributed by atoms with E-state index in [1.165, 1.54) is 29.4 Å². The van der Waals surface area contributed by atoms with Gasteiger partial charge in [0, 0.05) is 23.1 Å². The van der Waals surface area contributed by atoms with Gasteiger partial charge in [0.05, 0.1) is 6.42 Å². The van der Waals surface area contributed by atoms with Gasteiger partial charge in [0.15, 0.2) is 0 Å². The molecule has 1 aromatic carbocycles. The number of aromatic amines is 1. The highest BCUT2D eigenvalue weighted by Gasteiger charge is 2.17. The zero-order valence-corrected chi connectivity index (χ0v) is 12.6. The molecule has 4 nitrogen and oxygen atoms in total. The first-order valence-electron chi connectivity index (χ1n) is 7.78. The molecule has 1 aliphatic rings. The predicted octanol–water partition coefficient (Wildman–Crippen LogP) is 1.97. The molecule has 1 aromatic heterocycles. The van der Waals surface area contributed by atoms with Crippen molar-refractivity contribution < 1.29 is 4.79 Å². The molecule has 0 aliphatic heterocycles. The maximum atomic E-state index is 12.0. The van der Waals surface area contributed by atoms with Gasteiger partial charge in [-0.05, 0) is 68.0 Å². The molecular weight excluding hydrogens is 262 g/mol. The molecule has 0 saturated carbocycles. The molecule has 0 fully saturated rings. The molecule has 1 amide bonds. The molecule has 2 aromatic rings. The average molecular weight is 285 g/mol. The summed E-state index contributed by atoms with van der Waals surface area (Å²) in [7, 11) is 0. The summed E-state index contributed by atoms with van der Waals surface area (Å²) in [6.45, 7) is 3.32. The highest BCUT2D eigenvalue weighted by molar-refractivity contribution is 5.91. The van der Waals surface area contributed by atoms with Crippen molar-refractivity contribution in [1.82, 2.24) is 10.3 Å². The summed E-state index contributed by atoms with van der Waals surface area (Å²) in [5.74, 6) is 0.0768. The fraction of sp³-hybridized carbons (Fsp3) is 0.471. The van der Waals surface area contributed by atoms with Crippen LogP contribution in [0.2, 0.25) is 0 Å². The number of nitrogens with one attached hydrogen (secondary N) is 2. The largest absolute Gasteiger partial charge is 0.358 e. The van der Waals surface area contributed by atoms with Crippen molar-refractivity contribution in [1.29, 1.82) is 0 Å². The third kappa shape index (κ3) is 2.81. The van der Waals surface area contributed by atoms with Crippen LogP contribution in [-0.4, -0.2) is 24.0 Å². The monoisotopic (exact) mass is 285 g/mol. The van der Waals surface area contributed by atoms with Gasteiger partial charge in [-0.3, -0.25) is 4.79 Å². The Morgan fingerprint density at radius 1 is 1.33 bits per heavy atom. The minimum atomic E-state index is 0.0768. The Labute approximate surface area is 125 Å². The number of carbonyl (C=O) groups is 1. The number of H-pyrrole nitrogens is 1. The Balaban J connectivity index is 1.84. The summed E-state index contributed by atoms with van der Waals surface area (Å²) >= 11 is 0. The van der Waals surface area contributed by atoms with Crippen molar-refractivity contribution in [2.45, 2.75) is 39.0 Å². The number of fused-ring (bicyclic) bond motifs is 2. The van der Waals surface area contributed by atoms with Crippen LogP contribution in [0, 0.1) is 6.92 Å². The van der Waals surface area contributed by atoms with E-state index in [0.29, 0.717) is 19.5 Å². The third-order valence-corrected chi connectivity index (χ3v) is 4.37. The first kappa shape index (κ1) is 14.1. The smallest absolute Gasteiger partial charge is 0.224 e. The normalized spacial score (nSPS) is 13.6. The second-order valence-electron chi connectivity index (χ2n) is 5.92. The summed E-state index contributed by atoms with van der Waals surface area (Å²) in [6, 6.07) is 4.55. The summed E-state index contributed by atoms with van der Waals surface area (Å²) in [5.41, 5.74) is 11.8. The molecule has 1 aliphatic carbocycles. The fourth-order valence-corrected chi connectivity index (χ4v) is 3.24. The Morgan fingerprint density at radius 3 is 2.86 bits per heavy atom. The number of nitrogens with two attached hydrogens (primary N) is 1. The van der Waals surface area contributed by atoms with Gasteiger partial charge in [-0.1, -0.05) is 0 Å². The van der Waals surface area contributed by atoms with E-state index >= 15 is 0 Å². The van der Waals surface area contributed by atoms with Gasteiger partial charge in [0.2, 0.25) is 5.91 Å². The lowest BCUT2D eigenvalue weighted by Gasteiger charge is -2.05. The van der Waals surface area contributed by atoms with E-state index in [1.807, 2.05) is 6.92 Å². The standard InChI is InChI=1S/C17H23N3O/c1-11-14(10-17(21)19-7-3-6-18)15-8-12-4-2-5-13(12)9-16(15)20-11/h8-9,20H,2-7,10,18H2,1H3,(H,19,21). The van der Waals surface area contributed by atoms with Crippen LogP contribution in [0.25, 0.3) is 10.9 Å². The maximum Gasteiger partial charge on any atom is 0.224 e. The number of rotatable bonds is 5. The van der Waals surface area contributed by atoms with Crippen LogP contribution in [0.5, 0.6) is 0 Å². The number of hydrogen-bond donors (Lipinski definition) is 3. The average Bonchev–Trinajstić information content (AvgIpc) is 3.02. The third-order valence-electron chi connectivity index (χ3n) is 4.37.